The summed E-state index contributed by atoms with van der Waals surface area (Å²) in [6.45, 7) is 8.14. The fourth-order valence-electron chi connectivity index (χ4n) is 1.51. The number of aromatic nitrogens is 3. The maximum atomic E-state index is 6.01. The largest absolute Gasteiger partial charge is 0.364 e. The molecule has 1 N–H and O–H groups in total. The van der Waals surface area contributed by atoms with Gasteiger partial charge in [-0.3, -0.25) is 0 Å². The van der Waals surface area contributed by atoms with Gasteiger partial charge >= 0.3 is 0 Å². The zero-order valence-corrected chi connectivity index (χ0v) is 11.1. The molecule has 90 valence electrons. The molecule has 0 unspecified atom stereocenters. The average Bonchev–Trinajstić information content (AvgIpc) is 2.18. The second-order valence-corrected chi connectivity index (χ2v) is 5.36. The van der Waals surface area contributed by atoms with Gasteiger partial charge in [0, 0.05) is 11.7 Å². The lowest BCUT2D eigenvalue weighted by atomic mass is 10.1. The van der Waals surface area contributed by atoms with Gasteiger partial charge in [0.25, 0.3) is 0 Å². The van der Waals surface area contributed by atoms with Crippen molar-refractivity contribution < 1.29 is 0 Å². The van der Waals surface area contributed by atoms with Crippen LogP contribution in [0.2, 0.25) is 5.15 Å². The van der Waals surface area contributed by atoms with Crippen LogP contribution in [-0.4, -0.2) is 20.5 Å². The molecular weight excluding hydrogens is 236 g/mol. The van der Waals surface area contributed by atoms with Crippen LogP contribution in [0.1, 0.15) is 26.5 Å². The smallest absolute Gasteiger partial charge is 0.156 e. The lowest BCUT2D eigenvalue weighted by Crippen LogP contribution is -2.27. The summed E-state index contributed by atoms with van der Waals surface area (Å²) in [5, 5.41) is 3.69. The van der Waals surface area contributed by atoms with Crippen LogP contribution in [0.5, 0.6) is 0 Å². The van der Waals surface area contributed by atoms with E-state index >= 15 is 0 Å². The first-order valence-corrected chi connectivity index (χ1v) is 5.82. The molecule has 0 aliphatic carbocycles. The predicted molar refractivity (Wildman–Crippen MR) is 70.5 cm³/mol. The van der Waals surface area contributed by atoms with Gasteiger partial charge < -0.3 is 5.32 Å². The second kappa shape index (κ2) is 4.11. The number of nitrogens with zero attached hydrogens (tertiary/aromatic N) is 3. The molecular formula is C12H15ClN4. The van der Waals surface area contributed by atoms with Crippen molar-refractivity contribution in [3.05, 3.63) is 23.1 Å². The third-order valence-corrected chi connectivity index (χ3v) is 2.48. The van der Waals surface area contributed by atoms with E-state index in [0.29, 0.717) is 10.7 Å². The standard InChI is InChI=1S/C12H15ClN4/c1-7-11(17-12(2,3)4)16-9-8(15-7)5-6-14-10(9)13/h5-6H,1-4H3,(H,16,17). The highest BCUT2D eigenvalue weighted by molar-refractivity contribution is 6.33. The van der Waals surface area contributed by atoms with E-state index in [4.69, 9.17) is 11.6 Å². The van der Waals surface area contributed by atoms with E-state index in [1.807, 2.05) is 13.0 Å². The van der Waals surface area contributed by atoms with Crippen molar-refractivity contribution in [2.45, 2.75) is 33.2 Å². The summed E-state index contributed by atoms with van der Waals surface area (Å²) in [5.41, 5.74) is 2.19. The minimum Gasteiger partial charge on any atom is -0.364 e. The van der Waals surface area contributed by atoms with Gasteiger partial charge in [0.1, 0.15) is 11.3 Å². The fraction of sp³-hybridized carbons (Fsp3) is 0.417. The average molecular weight is 251 g/mol. The Labute approximate surface area is 105 Å². The Hall–Kier alpha value is -1.42. The maximum Gasteiger partial charge on any atom is 0.156 e. The molecule has 0 radical (unpaired) electrons. The molecule has 2 aromatic rings. The van der Waals surface area contributed by atoms with Crippen LogP contribution in [0, 0.1) is 6.92 Å². The molecule has 0 atom stereocenters. The fourth-order valence-corrected chi connectivity index (χ4v) is 1.71. The van der Waals surface area contributed by atoms with E-state index in [2.05, 4.69) is 41.0 Å². The Morgan fingerprint density at radius 2 is 1.94 bits per heavy atom. The monoisotopic (exact) mass is 250 g/mol. The first-order valence-electron chi connectivity index (χ1n) is 5.44. The molecule has 5 heteroatoms. The maximum absolute atomic E-state index is 6.01. The minimum absolute atomic E-state index is 0.0677. The van der Waals surface area contributed by atoms with Crippen LogP contribution in [-0.2, 0) is 0 Å². The van der Waals surface area contributed by atoms with Crippen LogP contribution in [0.15, 0.2) is 12.3 Å². The van der Waals surface area contributed by atoms with Gasteiger partial charge in [-0.2, -0.15) is 0 Å². The molecule has 0 saturated heterocycles. The van der Waals surface area contributed by atoms with E-state index in [-0.39, 0.29) is 5.54 Å². The molecule has 2 aromatic heterocycles. The molecule has 0 bridgehead atoms. The first kappa shape index (κ1) is 12.0. The van der Waals surface area contributed by atoms with Crippen LogP contribution in [0.25, 0.3) is 11.0 Å². The lowest BCUT2D eigenvalue weighted by Gasteiger charge is -2.22. The Morgan fingerprint density at radius 3 is 2.59 bits per heavy atom. The molecule has 2 rings (SSSR count). The van der Waals surface area contributed by atoms with E-state index in [0.717, 1.165) is 17.0 Å². The summed E-state index contributed by atoms with van der Waals surface area (Å²) in [7, 11) is 0. The first-order chi connectivity index (χ1) is 7.87. The van der Waals surface area contributed by atoms with Crippen molar-refractivity contribution in [1.29, 1.82) is 0 Å². The number of nitrogens with one attached hydrogen (secondary N) is 1. The molecule has 0 aliphatic heterocycles. The Morgan fingerprint density at radius 1 is 1.24 bits per heavy atom. The van der Waals surface area contributed by atoms with Crippen molar-refractivity contribution in [1.82, 2.24) is 15.0 Å². The molecule has 2 heterocycles. The van der Waals surface area contributed by atoms with Crippen LogP contribution >= 0.6 is 11.6 Å². The van der Waals surface area contributed by atoms with Crippen molar-refractivity contribution >= 4 is 28.5 Å². The zero-order chi connectivity index (χ0) is 12.6. The molecule has 0 amide bonds. The molecule has 4 nitrogen and oxygen atoms in total. The molecule has 0 spiro atoms. The van der Waals surface area contributed by atoms with Crippen LogP contribution in [0.3, 0.4) is 0 Å². The van der Waals surface area contributed by atoms with Crippen molar-refractivity contribution in [3.63, 3.8) is 0 Å². The van der Waals surface area contributed by atoms with E-state index in [9.17, 15) is 0 Å². The molecule has 0 fully saturated rings. The number of hydrogen-bond donors (Lipinski definition) is 1. The van der Waals surface area contributed by atoms with E-state index in [1.165, 1.54) is 0 Å². The summed E-state index contributed by atoms with van der Waals surface area (Å²) in [4.78, 5) is 13.0. The van der Waals surface area contributed by atoms with Crippen LogP contribution < -0.4 is 5.32 Å². The van der Waals surface area contributed by atoms with Gasteiger partial charge in [0.15, 0.2) is 5.15 Å². The lowest BCUT2D eigenvalue weighted by molar-refractivity contribution is 0.629. The predicted octanol–water partition coefficient (Wildman–Crippen LogP) is 3.20. The van der Waals surface area contributed by atoms with Gasteiger partial charge in [0.05, 0.1) is 11.2 Å². The van der Waals surface area contributed by atoms with Gasteiger partial charge in [0.2, 0.25) is 0 Å². The van der Waals surface area contributed by atoms with Crippen molar-refractivity contribution in [3.8, 4) is 0 Å². The van der Waals surface area contributed by atoms with Crippen LogP contribution in [0.4, 0.5) is 5.82 Å². The number of fused-ring (bicyclic) bond motifs is 1. The van der Waals surface area contributed by atoms with Gasteiger partial charge in [-0.1, -0.05) is 11.6 Å². The number of anilines is 1. The summed E-state index contributed by atoms with van der Waals surface area (Å²) in [6.07, 6.45) is 1.63. The van der Waals surface area contributed by atoms with E-state index < -0.39 is 0 Å². The molecule has 17 heavy (non-hydrogen) atoms. The van der Waals surface area contributed by atoms with E-state index in [1.54, 1.807) is 6.20 Å². The molecule has 0 aromatic carbocycles. The summed E-state index contributed by atoms with van der Waals surface area (Å²) in [5.74, 6) is 0.750. The third-order valence-electron chi connectivity index (χ3n) is 2.21. The van der Waals surface area contributed by atoms with Crippen molar-refractivity contribution in [2.24, 2.45) is 0 Å². The highest BCUT2D eigenvalue weighted by Gasteiger charge is 2.14. The second-order valence-electron chi connectivity index (χ2n) is 5.00. The van der Waals surface area contributed by atoms with Gasteiger partial charge in [-0.05, 0) is 33.8 Å². The third kappa shape index (κ3) is 2.64. The molecule has 0 saturated carbocycles. The summed E-state index contributed by atoms with van der Waals surface area (Å²) < 4.78 is 0. The summed E-state index contributed by atoms with van der Waals surface area (Å²) >= 11 is 6.01. The zero-order valence-electron chi connectivity index (χ0n) is 10.4. The minimum atomic E-state index is -0.0677. The number of rotatable bonds is 1. The topological polar surface area (TPSA) is 50.7 Å². The summed E-state index contributed by atoms with van der Waals surface area (Å²) in [6, 6.07) is 1.81. The quantitative estimate of drug-likeness (QED) is 0.790. The Kier molecular flexibility index (Phi) is 2.91. The van der Waals surface area contributed by atoms with Crippen molar-refractivity contribution in [2.75, 3.05) is 5.32 Å². The SMILES string of the molecule is Cc1nc2ccnc(Cl)c2nc1NC(C)(C)C. The number of halogens is 1. The van der Waals surface area contributed by atoms with Gasteiger partial charge in [-0.25, -0.2) is 15.0 Å². The Bertz CT molecular complexity index is 560. The molecule has 0 aliphatic rings. The highest BCUT2D eigenvalue weighted by Crippen LogP contribution is 2.22. The normalized spacial score (nSPS) is 11.8. The number of aryl methyl sites for hydroxylation is 1. The van der Waals surface area contributed by atoms with Gasteiger partial charge in [-0.15, -0.1) is 0 Å². The number of hydrogen-bond acceptors (Lipinski definition) is 4. The Balaban J connectivity index is 2.58. The highest BCUT2D eigenvalue weighted by atomic mass is 35.5. The number of pyridine rings is 1.